The molecule has 4 N–H and O–H groups in total. The highest BCUT2D eigenvalue weighted by Crippen LogP contribution is 2.02. The van der Waals surface area contributed by atoms with Gasteiger partial charge in [-0.2, -0.15) is 0 Å². The molecule has 0 unspecified atom stereocenters. The Kier molecular flexibility index (Phi) is 8.37. The molecule has 0 saturated carbocycles. The predicted molar refractivity (Wildman–Crippen MR) is 60.3 cm³/mol. The van der Waals surface area contributed by atoms with E-state index in [9.17, 15) is 4.79 Å². The van der Waals surface area contributed by atoms with Gasteiger partial charge in [0.05, 0.1) is 0 Å². The lowest BCUT2D eigenvalue weighted by molar-refractivity contribution is -0.138. The molecule has 0 amide bonds. The number of hydrogen-bond donors (Lipinski definition) is 2. The molecule has 0 fully saturated rings. The van der Waals surface area contributed by atoms with Crippen LogP contribution in [0.1, 0.15) is 27.7 Å². The van der Waals surface area contributed by atoms with Crippen LogP contribution in [0.5, 0.6) is 0 Å². The number of hydrazine groups is 1. The molecule has 0 heterocycles. The normalized spacial score (nSPS) is 9.50. The van der Waals surface area contributed by atoms with Crippen molar-refractivity contribution >= 4 is 23.8 Å². The van der Waals surface area contributed by atoms with Crippen molar-refractivity contribution in [3.8, 4) is 0 Å². The van der Waals surface area contributed by atoms with E-state index in [-0.39, 0.29) is 10.7 Å². The monoisotopic (exact) mass is 221 g/mol. The Labute approximate surface area is 90.3 Å². The Morgan fingerprint density at radius 2 is 2.00 bits per heavy atom. The second-order valence-electron chi connectivity index (χ2n) is 3.45. The number of rotatable bonds is 2. The van der Waals surface area contributed by atoms with Crippen molar-refractivity contribution in [2.75, 3.05) is 6.54 Å². The Bertz CT molecular complexity index is 180. The Hall–Kier alpha value is -0.880. The summed E-state index contributed by atoms with van der Waals surface area (Å²) in [6.07, 6.45) is 0. The van der Waals surface area contributed by atoms with E-state index in [1.165, 1.54) is 5.01 Å². The standard InChI is InChI=1S/C5H10O2.C3H9N3S/c1-5(2,3)7-4-6;1-2-6(5)3(4)7/h4H,1-3H3;2,5H2,1H3,(H2,4,7). The Balaban J connectivity index is 0. The minimum absolute atomic E-state index is 0.238. The molecule has 0 aliphatic rings. The van der Waals surface area contributed by atoms with Crippen LogP contribution in [-0.4, -0.2) is 28.7 Å². The molecule has 84 valence electrons. The summed E-state index contributed by atoms with van der Waals surface area (Å²) in [4.78, 5) is 9.60. The van der Waals surface area contributed by atoms with Crippen LogP contribution in [0.15, 0.2) is 0 Å². The number of carbonyl (C=O) groups is 1. The van der Waals surface area contributed by atoms with E-state index in [2.05, 4.69) is 17.0 Å². The molecular formula is C8H19N3O2S. The molecular weight excluding hydrogens is 202 g/mol. The van der Waals surface area contributed by atoms with Gasteiger partial charge in [0.15, 0.2) is 5.11 Å². The molecule has 0 radical (unpaired) electrons. The Morgan fingerprint density at radius 3 is 2.00 bits per heavy atom. The predicted octanol–water partition coefficient (Wildman–Crippen LogP) is 0.384. The molecule has 6 heteroatoms. The molecule has 0 rings (SSSR count). The van der Waals surface area contributed by atoms with E-state index < -0.39 is 0 Å². The lowest BCUT2D eigenvalue weighted by atomic mass is 10.2. The number of ether oxygens (including phenoxy) is 1. The van der Waals surface area contributed by atoms with Crippen molar-refractivity contribution in [2.45, 2.75) is 33.3 Å². The third-order valence-corrected chi connectivity index (χ3v) is 1.26. The molecule has 0 spiro atoms. The van der Waals surface area contributed by atoms with E-state index in [0.717, 1.165) is 0 Å². The van der Waals surface area contributed by atoms with Crippen LogP contribution < -0.4 is 11.6 Å². The van der Waals surface area contributed by atoms with Gasteiger partial charge in [0.1, 0.15) is 5.60 Å². The van der Waals surface area contributed by atoms with Gasteiger partial charge >= 0.3 is 0 Å². The summed E-state index contributed by atoms with van der Waals surface area (Å²) in [5, 5.41) is 1.54. The number of nitrogens with zero attached hydrogens (tertiary/aromatic N) is 1. The lowest BCUT2D eigenvalue weighted by Crippen LogP contribution is -2.40. The van der Waals surface area contributed by atoms with Gasteiger partial charge < -0.3 is 10.5 Å². The van der Waals surface area contributed by atoms with Gasteiger partial charge in [0.25, 0.3) is 6.47 Å². The molecule has 0 saturated heterocycles. The van der Waals surface area contributed by atoms with Crippen molar-refractivity contribution in [2.24, 2.45) is 11.6 Å². The summed E-state index contributed by atoms with van der Waals surface area (Å²) < 4.78 is 4.55. The van der Waals surface area contributed by atoms with Gasteiger partial charge in [-0.3, -0.25) is 9.80 Å². The first-order chi connectivity index (χ1) is 6.24. The molecule has 0 atom stereocenters. The molecule has 5 nitrogen and oxygen atoms in total. The van der Waals surface area contributed by atoms with Crippen molar-refractivity contribution in [1.82, 2.24) is 5.01 Å². The van der Waals surface area contributed by atoms with E-state index in [4.69, 9.17) is 11.6 Å². The van der Waals surface area contributed by atoms with Crippen LogP contribution in [0.4, 0.5) is 0 Å². The number of carbonyl (C=O) groups excluding carboxylic acids is 1. The van der Waals surface area contributed by atoms with Gasteiger partial charge in [-0.25, -0.2) is 5.84 Å². The summed E-state index contributed by atoms with van der Waals surface area (Å²) in [5.41, 5.74) is 4.76. The third kappa shape index (κ3) is 13.7. The van der Waals surface area contributed by atoms with Crippen LogP contribution in [0.3, 0.4) is 0 Å². The summed E-state index contributed by atoms with van der Waals surface area (Å²) in [5.74, 6) is 5.18. The highest BCUT2D eigenvalue weighted by molar-refractivity contribution is 7.80. The van der Waals surface area contributed by atoms with Gasteiger partial charge in [-0.1, -0.05) is 0 Å². The zero-order valence-electron chi connectivity index (χ0n) is 9.11. The second kappa shape index (κ2) is 7.52. The first-order valence-electron chi connectivity index (χ1n) is 4.17. The van der Waals surface area contributed by atoms with Gasteiger partial charge in [-0.15, -0.1) is 0 Å². The van der Waals surface area contributed by atoms with Crippen LogP contribution >= 0.6 is 12.2 Å². The van der Waals surface area contributed by atoms with Crippen LogP contribution in [0, 0.1) is 0 Å². The van der Waals surface area contributed by atoms with Gasteiger partial charge in [-0.05, 0) is 39.9 Å². The maximum atomic E-state index is 9.60. The zero-order chi connectivity index (χ0) is 11.8. The Morgan fingerprint density at radius 1 is 1.57 bits per heavy atom. The van der Waals surface area contributed by atoms with E-state index in [1.807, 2.05) is 27.7 Å². The van der Waals surface area contributed by atoms with Crippen LogP contribution in [0.2, 0.25) is 0 Å². The number of thiocarbonyl (C=S) groups is 1. The van der Waals surface area contributed by atoms with E-state index >= 15 is 0 Å². The largest absolute Gasteiger partial charge is 0.462 e. The minimum Gasteiger partial charge on any atom is -0.462 e. The smallest absolute Gasteiger partial charge is 0.293 e. The molecule has 0 aromatic carbocycles. The summed E-state index contributed by atoms with van der Waals surface area (Å²) in [6, 6.07) is 0. The quantitative estimate of drug-likeness (QED) is 0.304. The SMILES string of the molecule is CC(C)(C)OC=O.CCN(N)C(N)=S. The number of nitrogens with two attached hydrogens (primary N) is 2. The molecule has 0 aromatic heterocycles. The maximum absolute atomic E-state index is 9.60. The maximum Gasteiger partial charge on any atom is 0.293 e. The molecule has 14 heavy (non-hydrogen) atoms. The van der Waals surface area contributed by atoms with Crippen molar-refractivity contribution in [3.63, 3.8) is 0 Å². The van der Waals surface area contributed by atoms with Crippen LogP contribution in [-0.2, 0) is 9.53 Å². The second-order valence-corrected chi connectivity index (χ2v) is 3.87. The minimum atomic E-state index is -0.318. The van der Waals surface area contributed by atoms with Crippen molar-refractivity contribution < 1.29 is 9.53 Å². The topological polar surface area (TPSA) is 81.6 Å². The zero-order valence-corrected chi connectivity index (χ0v) is 9.93. The fourth-order valence-corrected chi connectivity index (χ4v) is 0.429. The first kappa shape index (κ1) is 15.6. The van der Waals surface area contributed by atoms with Gasteiger partial charge in [0.2, 0.25) is 0 Å². The highest BCUT2D eigenvalue weighted by Gasteiger charge is 2.07. The van der Waals surface area contributed by atoms with Gasteiger partial charge in [0, 0.05) is 6.54 Å². The van der Waals surface area contributed by atoms with E-state index in [1.54, 1.807) is 0 Å². The lowest BCUT2D eigenvalue weighted by Gasteiger charge is -2.14. The fourth-order valence-electron chi connectivity index (χ4n) is 0.300. The molecule has 0 bridgehead atoms. The fraction of sp³-hybridized carbons (Fsp3) is 0.750. The molecule has 0 aliphatic heterocycles. The third-order valence-electron chi connectivity index (χ3n) is 1.03. The van der Waals surface area contributed by atoms with Crippen molar-refractivity contribution in [3.05, 3.63) is 0 Å². The summed E-state index contributed by atoms with van der Waals surface area (Å²) >= 11 is 4.50. The molecule has 0 aliphatic carbocycles. The average molecular weight is 221 g/mol. The average Bonchev–Trinajstić information content (AvgIpc) is 2.01. The van der Waals surface area contributed by atoms with Crippen molar-refractivity contribution in [1.29, 1.82) is 0 Å². The summed E-state index contributed by atoms with van der Waals surface area (Å²) in [7, 11) is 0. The first-order valence-corrected chi connectivity index (χ1v) is 4.58. The van der Waals surface area contributed by atoms with E-state index in [0.29, 0.717) is 13.0 Å². The molecule has 0 aromatic rings. The summed E-state index contributed by atoms with van der Waals surface area (Å²) in [6.45, 7) is 8.46. The highest BCUT2D eigenvalue weighted by atomic mass is 32.1. The number of hydrogen-bond acceptors (Lipinski definition) is 4. The van der Waals surface area contributed by atoms with Crippen LogP contribution in [0.25, 0.3) is 0 Å².